The van der Waals surface area contributed by atoms with Crippen molar-refractivity contribution in [3.8, 4) is 0 Å². The predicted molar refractivity (Wildman–Crippen MR) is 75.1 cm³/mol. The quantitative estimate of drug-likeness (QED) is 0.646. The zero-order chi connectivity index (χ0) is 15.3. The first-order valence-corrected chi connectivity index (χ1v) is 6.87. The van der Waals surface area contributed by atoms with Crippen LogP contribution in [0.5, 0.6) is 0 Å². The highest BCUT2D eigenvalue weighted by atomic mass is 19.1. The molecule has 0 aromatic heterocycles. The molecule has 0 heterocycles. The summed E-state index contributed by atoms with van der Waals surface area (Å²) < 4.78 is 24.8. The number of ether oxygens (including phenoxy) is 2. The molecule has 114 valence electrons. The summed E-state index contributed by atoms with van der Waals surface area (Å²) in [6, 6.07) is 0. The van der Waals surface area contributed by atoms with Crippen molar-refractivity contribution in [1.29, 1.82) is 0 Å². The molecule has 0 saturated heterocycles. The number of carbonyl (C=O) groups is 1. The summed E-state index contributed by atoms with van der Waals surface area (Å²) in [5, 5.41) is 0. The summed E-state index contributed by atoms with van der Waals surface area (Å²) in [4.78, 5) is 11.5. The van der Waals surface area contributed by atoms with Gasteiger partial charge < -0.3 is 9.47 Å². The third kappa shape index (κ3) is 7.63. The first kappa shape index (κ1) is 18.5. The van der Waals surface area contributed by atoms with E-state index in [0.29, 0.717) is 6.61 Å². The van der Waals surface area contributed by atoms with Gasteiger partial charge in [0.25, 0.3) is 0 Å². The number of hydrogen-bond acceptors (Lipinski definition) is 3. The molecule has 0 aliphatic carbocycles. The second-order valence-electron chi connectivity index (χ2n) is 6.55. The molecule has 0 rings (SSSR count). The molecule has 0 aliphatic rings. The molecule has 0 fully saturated rings. The van der Waals surface area contributed by atoms with Gasteiger partial charge in [0.1, 0.15) is 0 Å². The molecule has 0 spiro atoms. The summed E-state index contributed by atoms with van der Waals surface area (Å²) in [6.45, 7) is 11.5. The molecule has 0 aliphatic heterocycles. The monoisotopic (exact) mass is 276 g/mol. The molecule has 0 aromatic carbocycles. The number of Topliss-reactive ketones (excluding diaryl/α,β-unsaturated/α-hetero) is 1. The zero-order valence-corrected chi connectivity index (χ0v) is 13.4. The van der Waals surface area contributed by atoms with E-state index in [4.69, 9.17) is 9.47 Å². The molecule has 4 heteroatoms. The summed E-state index contributed by atoms with van der Waals surface area (Å²) >= 11 is 0. The number of alkyl halides is 1. The van der Waals surface area contributed by atoms with Crippen LogP contribution < -0.4 is 0 Å². The van der Waals surface area contributed by atoms with Crippen LogP contribution in [0.15, 0.2) is 0 Å². The van der Waals surface area contributed by atoms with Crippen LogP contribution in [-0.2, 0) is 14.3 Å². The first-order valence-electron chi connectivity index (χ1n) is 6.87. The Morgan fingerprint density at radius 2 is 1.68 bits per heavy atom. The number of rotatable bonds is 9. The highest BCUT2D eigenvalue weighted by Crippen LogP contribution is 2.23. The highest BCUT2D eigenvalue weighted by molar-refractivity contribution is 5.84. The Morgan fingerprint density at radius 3 is 2.11 bits per heavy atom. The summed E-state index contributed by atoms with van der Waals surface area (Å²) in [5.74, 6) is -0.632. The molecule has 3 nitrogen and oxygen atoms in total. The molecule has 0 aromatic rings. The van der Waals surface area contributed by atoms with E-state index in [0.717, 1.165) is 6.42 Å². The minimum absolute atomic E-state index is 0.0947. The van der Waals surface area contributed by atoms with Crippen LogP contribution >= 0.6 is 0 Å². The lowest BCUT2D eigenvalue weighted by atomic mass is 9.94. The number of ketones is 1. The van der Waals surface area contributed by atoms with Crippen LogP contribution in [0.25, 0.3) is 0 Å². The summed E-state index contributed by atoms with van der Waals surface area (Å²) in [6.07, 6.45) is -0.634. The second-order valence-corrected chi connectivity index (χ2v) is 6.55. The van der Waals surface area contributed by atoms with Gasteiger partial charge in [0.2, 0.25) is 0 Å². The maximum Gasteiger partial charge on any atom is 0.169 e. The Balaban J connectivity index is 4.22. The van der Waals surface area contributed by atoms with E-state index in [1.54, 1.807) is 21.0 Å². The fraction of sp³-hybridized carbons (Fsp3) is 0.933. The maximum atomic E-state index is 13.8. The first-order chi connectivity index (χ1) is 8.51. The Labute approximate surface area is 116 Å². The van der Waals surface area contributed by atoms with Crippen molar-refractivity contribution in [3.63, 3.8) is 0 Å². The molecular weight excluding hydrogens is 247 g/mol. The largest absolute Gasteiger partial charge is 0.379 e. The van der Waals surface area contributed by atoms with E-state index in [1.165, 1.54) is 0 Å². The number of halogens is 1. The van der Waals surface area contributed by atoms with E-state index in [-0.39, 0.29) is 23.7 Å². The van der Waals surface area contributed by atoms with E-state index in [1.807, 2.05) is 27.7 Å². The van der Waals surface area contributed by atoms with Crippen molar-refractivity contribution in [2.75, 3.05) is 13.7 Å². The molecular formula is C15H29FO3. The average molecular weight is 276 g/mol. The van der Waals surface area contributed by atoms with Crippen LogP contribution in [0.3, 0.4) is 0 Å². The lowest BCUT2D eigenvalue weighted by molar-refractivity contribution is -0.130. The smallest absolute Gasteiger partial charge is 0.169 e. The normalized spacial score (nSPS) is 14.8. The summed E-state index contributed by atoms with van der Waals surface area (Å²) in [5.41, 5.74) is -0.896. The number of hydrogen-bond donors (Lipinski definition) is 0. The number of carbonyl (C=O) groups excluding carboxylic acids is 1. The van der Waals surface area contributed by atoms with E-state index < -0.39 is 11.8 Å². The Bertz CT molecular complexity index is 285. The molecule has 1 atom stereocenters. The van der Waals surface area contributed by atoms with Crippen molar-refractivity contribution in [2.24, 2.45) is 5.92 Å². The molecule has 0 bridgehead atoms. The Hall–Kier alpha value is -0.480. The second kappa shape index (κ2) is 7.34. The van der Waals surface area contributed by atoms with Crippen molar-refractivity contribution in [1.82, 2.24) is 0 Å². The van der Waals surface area contributed by atoms with E-state index >= 15 is 0 Å². The molecule has 0 radical (unpaired) electrons. The van der Waals surface area contributed by atoms with Crippen LogP contribution in [-0.4, -0.2) is 36.9 Å². The third-order valence-corrected chi connectivity index (χ3v) is 3.30. The fourth-order valence-electron chi connectivity index (χ4n) is 1.63. The lowest BCUT2D eigenvalue weighted by Crippen LogP contribution is -2.35. The van der Waals surface area contributed by atoms with Crippen molar-refractivity contribution < 1.29 is 18.7 Å². The van der Waals surface area contributed by atoms with Gasteiger partial charge in [-0.05, 0) is 34.1 Å². The zero-order valence-electron chi connectivity index (χ0n) is 13.4. The Kier molecular flexibility index (Phi) is 7.16. The van der Waals surface area contributed by atoms with Crippen molar-refractivity contribution in [3.05, 3.63) is 0 Å². The molecule has 19 heavy (non-hydrogen) atoms. The maximum absolute atomic E-state index is 13.8. The molecule has 1 unspecified atom stereocenters. The van der Waals surface area contributed by atoms with Crippen molar-refractivity contribution in [2.45, 2.75) is 71.8 Å². The molecule has 0 N–H and O–H groups in total. The van der Waals surface area contributed by atoms with Gasteiger partial charge in [-0.15, -0.1) is 0 Å². The lowest BCUT2D eigenvalue weighted by Gasteiger charge is -2.29. The molecule has 0 amide bonds. The third-order valence-electron chi connectivity index (χ3n) is 3.30. The van der Waals surface area contributed by atoms with Crippen LogP contribution in [0, 0.1) is 5.92 Å². The summed E-state index contributed by atoms with van der Waals surface area (Å²) in [7, 11) is 1.66. The van der Waals surface area contributed by atoms with E-state index in [2.05, 4.69) is 0 Å². The fourth-order valence-corrected chi connectivity index (χ4v) is 1.63. The average Bonchev–Trinajstić information content (AvgIpc) is 2.26. The SMILES string of the molecule is COC(C)(C)CCOC(C)(C)CC(F)C(=O)C(C)C. The Morgan fingerprint density at radius 1 is 1.16 bits per heavy atom. The van der Waals surface area contributed by atoms with Gasteiger partial charge in [0, 0.05) is 19.4 Å². The van der Waals surface area contributed by atoms with Crippen LogP contribution in [0.1, 0.15) is 54.4 Å². The predicted octanol–water partition coefficient (Wildman–Crippen LogP) is 3.55. The molecule has 0 saturated carbocycles. The van der Waals surface area contributed by atoms with Gasteiger partial charge in [-0.25, -0.2) is 4.39 Å². The highest BCUT2D eigenvalue weighted by Gasteiger charge is 2.30. The minimum Gasteiger partial charge on any atom is -0.379 e. The van der Waals surface area contributed by atoms with E-state index in [9.17, 15) is 9.18 Å². The van der Waals surface area contributed by atoms with Crippen LogP contribution in [0.4, 0.5) is 4.39 Å². The van der Waals surface area contributed by atoms with Crippen molar-refractivity contribution >= 4 is 5.78 Å². The van der Waals surface area contributed by atoms with Gasteiger partial charge in [-0.3, -0.25) is 4.79 Å². The van der Waals surface area contributed by atoms with Gasteiger partial charge in [0.15, 0.2) is 12.0 Å². The minimum atomic E-state index is -1.45. The topological polar surface area (TPSA) is 35.5 Å². The van der Waals surface area contributed by atoms with Gasteiger partial charge in [-0.1, -0.05) is 13.8 Å². The van der Waals surface area contributed by atoms with Gasteiger partial charge in [0.05, 0.1) is 17.8 Å². The van der Waals surface area contributed by atoms with Gasteiger partial charge >= 0.3 is 0 Å². The number of methoxy groups -OCH3 is 1. The van der Waals surface area contributed by atoms with Crippen LogP contribution in [0.2, 0.25) is 0 Å². The van der Waals surface area contributed by atoms with Gasteiger partial charge in [-0.2, -0.15) is 0 Å². The standard InChI is InChI=1S/C15H29FO3/c1-11(2)13(17)12(16)10-15(5,6)19-9-8-14(3,4)18-7/h11-12H,8-10H2,1-7H3.